The average Bonchev–Trinajstić information content (AvgIpc) is 2.33. The van der Waals surface area contributed by atoms with Crippen LogP contribution in [-0.2, 0) is 4.79 Å². The number of halogens is 2. The normalized spacial score (nSPS) is 12.3. The second kappa shape index (κ2) is 7.72. The van der Waals surface area contributed by atoms with Crippen molar-refractivity contribution in [3.8, 4) is 5.75 Å². The van der Waals surface area contributed by atoms with Gasteiger partial charge >= 0.3 is 0 Å². The summed E-state index contributed by atoms with van der Waals surface area (Å²) in [4.78, 5) is 12.0. The Morgan fingerprint density at radius 3 is 2.65 bits per heavy atom. The Balaban J connectivity index is 0.00000361. The molecular weight excluding hydrogens is 299 g/mol. The summed E-state index contributed by atoms with van der Waals surface area (Å²) in [5.74, 6) is 0.294. The number of amides is 1. The first-order chi connectivity index (χ1) is 8.75. The number of hydrogen-bond acceptors (Lipinski definition) is 3. The van der Waals surface area contributed by atoms with Crippen LogP contribution < -0.4 is 15.8 Å². The molecule has 0 aliphatic heterocycles. The lowest BCUT2D eigenvalue weighted by molar-refractivity contribution is -0.128. The number of ether oxygens (including phenoxy) is 1. The zero-order valence-electron chi connectivity index (χ0n) is 12.2. The largest absolute Gasteiger partial charge is 0.479 e. The van der Waals surface area contributed by atoms with E-state index in [2.05, 4.69) is 5.32 Å². The van der Waals surface area contributed by atoms with Gasteiger partial charge in [0.15, 0.2) is 6.10 Å². The summed E-state index contributed by atoms with van der Waals surface area (Å²) in [5.41, 5.74) is 6.14. The molecule has 1 rings (SSSR count). The topological polar surface area (TPSA) is 64.3 Å². The van der Waals surface area contributed by atoms with Gasteiger partial charge in [0.25, 0.3) is 5.91 Å². The SMILES string of the molecule is Cc1ccc(Cl)c(OC(C)C(=O)NC(C)(C)CN)c1.Cl. The van der Waals surface area contributed by atoms with Crippen molar-refractivity contribution in [2.24, 2.45) is 5.73 Å². The summed E-state index contributed by atoms with van der Waals surface area (Å²) < 4.78 is 5.59. The molecule has 1 aromatic carbocycles. The van der Waals surface area contributed by atoms with E-state index in [4.69, 9.17) is 22.1 Å². The van der Waals surface area contributed by atoms with E-state index in [1.807, 2.05) is 26.8 Å². The molecule has 0 aliphatic carbocycles. The van der Waals surface area contributed by atoms with Crippen LogP contribution in [0, 0.1) is 6.92 Å². The summed E-state index contributed by atoms with van der Waals surface area (Å²) in [7, 11) is 0. The highest BCUT2D eigenvalue weighted by atomic mass is 35.5. The number of nitrogens with one attached hydrogen (secondary N) is 1. The van der Waals surface area contributed by atoms with E-state index < -0.39 is 11.6 Å². The smallest absolute Gasteiger partial charge is 0.261 e. The Hall–Kier alpha value is -0.970. The lowest BCUT2D eigenvalue weighted by atomic mass is 10.1. The highest BCUT2D eigenvalue weighted by Gasteiger charge is 2.23. The number of carbonyl (C=O) groups excluding carboxylic acids is 1. The fourth-order valence-corrected chi connectivity index (χ4v) is 1.59. The highest BCUT2D eigenvalue weighted by molar-refractivity contribution is 6.32. The maximum absolute atomic E-state index is 12.0. The van der Waals surface area contributed by atoms with Crippen molar-refractivity contribution in [1.82, 2.24) is 5.32 Å². The van der Waals surface area contributed by atoms with Crippen LogP contribution in [0.2, 0.25) is 5.02 Å². The zero-order chi connectivity index (χ0) is 14.6. The number of rotatable bonds is 5. The monoisotopic (exact) mass is 320 g/mol. The van der Waals surface area contributed by atoms with Gasteiger partial charge in [-0.2, -0.15) is 0 Å². The summed E-state index contributed by atoms with van der Waals surface area (Å²) >= 11 is 6.03. The molecule has 0 fully saturated rings. The van der Waals surface area contributed by atoms with Gasteiger partial charge in [0, 0.05) is 12.1 Å². The fourth-order valence-electron chi connectivity index (χ4n) is 1.43. The third-order valence-corrected chi connectivity index (χ3v) is 3.04. The lowest BCUT2D eigenvalue weighted by Crippen LogP contribution is -2.52. The molecule has 1 aromatic rings. The van der Waals surface area contributed by atoms with Crippen LogP contribution in [0.5, 0.6) is 5.75 Å². The molecule has 114 valence electrons. The van der Waals surface area contributed by atoms with Gasteiger partial charge in [-0.3, -0.25) is 4.79 Å². The number of aryl methyl sites for hydroxylation is 1. The van der Waals surface area contributed by atoms with Gasteiger partial charge in [-0.25, -0.2) is 0 Å². The van der Waals surface area contributed by atoms with Crippen LogP contribution >= 0.6 is 24.0 Å². The Labute approximate surface area is 131 Å². The highest BCUT2D eigenvalue weighted by Crippen LogP contribution is 2.26. The van der Waals surface area contributed by atoms with E-state index in [-0.39, 0.29) is 18.3 Å². The van der Waals surface area contributed by atoms with Gasteiger partial charge in [-0.1, -0.05) is 17.7 Å². The van der Waals surface area contributed by atoms with Crippen molar-refractivity contribution >= 4 is 29.9 Å². The van der Waals surface area contributed by atoms with E-state index >= 15 is 0 Å². The molecule has 0 bridgehead atoms. The minimum atomic E-state index is -0.634. The molecule has 1 amide bonds. The Morgan fingerprint density at radius 1 is 1.50 bits per heavy atom. The zero-order valence-corrected chi connectivity index (χ0v) is 13.8. The molecule has 1 unspecified atom stereocenters. The first-order valence-corrected chi connectivity index (χ1v) is 6.58. The molecule has 0 saturated carbocycles. The van der Waals surface area contributed by atoms with Crippen LogP contribution in [0.25, 0.3) is 0 Å². The minimum absolute atomic E-state index is 0. The molecule has 0 aromatic heterocycles. The van der Waals surface area contributed by atoms with E-state index in [0.717, 1.165) is 5.56 Å². The van der Waals surface area contributed by atoms with Crippen molar-refractivity contribution in [2.45, 2.75) is 39.3 Å². The van der Waals surface area contributed by atoms with Crippen molar-refractivity contribution < 1.29 is 9.53 Å². The number of carbonyl (C=O) groups is 1. The molecule has 4 nitrogen and oxygen atoms in total. The van der Waals surface area contributed by atoms with E-state index in [1.165, 1.54) is 0 Å². The van der Waals surface area contributed by atoms with Gasteiger partial charge in [0.1, 0.15) is 5.75 Å². The van der Waals surface area contributed by atoms with Crippen LogP contribution in [0.15, 0.2) is 18.2 Å². The lowest BCUT2D eigenvalue weighted by Gasteiger charge is -2.26. The molecule has 0 heterocycles. The molecule has 0 saturated heterocycles. The van der Waals surface area contributed by atoms with Gasteiger partial charge in [-0.15, -0.1) is 12.4 Å². The van der Waals surface area contributed by atoms with Gasteiger partial charge in [0.2, 0.25) is 0 Å². The second-order valence-corrected chi connectivity index (χ2v) is 5.68. The third-order valence-electron chi connectivity index (χ3n) is 2.73. The van der Waals surface area contributed by atoms with E-state index in [9.17, 15) is 4.79 Å². The number of hydrogen-bond donors (Lipinski definition) is 2. The Kier molecular flexibility index (Phi) is 7.34. The minimum Gasteiger partial charge on any atom is -0.479 e. The third kappa shape index (κ3) is 5.57. The van der Waals surface area contributed by atoms with Crippen LogP contribution in [0.4, 0.5) is 0 Å². The molecule has 0 spiro atoms. The Bertz CT molecular complexity index is 464. The van der Waals surface area contributed by atoms with Crippen molar-refractivity contribution in [3.63, 3.8) is 0 Å². The summed E-state index contributed by atoms with van der Waals surface area (Å²) in [5, 5.41) is 3.32. The van der Waals surface area contributed by atoms with Crippen LogP contribution in [0.1, 0.15) is 26.3 Å². The van der Waals surface area contributed by atoms with Crippen LogP contribution in [0.3, 0.4) is 0 Å². The summed E-state index contributed by atoms with van der Waals surface area (Å²) in [6.07, 6.45) is -0.634. The molecule has 3 N–H and O–H groups in total. The molecule has 0 radical (unpaired) electrons. The van der Waals surface area contributed by atoms with Gasteiger partial charge < -0.3 is 15.8 Å². The van der Waals surface area contributed by atoms with Gasteiger partial charge in [-0.05, 0) is 45.4 Å². The predicted octanol–water partition coefficient (Wildman–Crippen LogP) is 2.69. The molecule has 6 heteroatoms. The first-order valence-electron chi connectivity index (χ1n) is 6.20. The van der Waals surface area contributed by atoms with Crippen LogP contribution in [-0.4, -0.2) is 24.1 Å². The van der Waals surface area contributed by atoms with Crippen molar-refractivity contribution in [2.75, 3.05) is 6.54 Å². The van der Waals surface area contributed by atoms with Crippen molar-refractivity contribution in [1.29, 1.82) is 0 Å². The quantitative estimate of drug-likeness (QED) is 0.876. The van der Waals surface area contributed by atoms with E-state index in [0.29, 0.717) is 17.3 Å². The molecule has 20 heavy (non-hydrogen) atoms. The summed E-state index contributed by atoms with van der Waals surface area (Å²) in [6.45, 7) is 7.69. The number of nitrogens with two attached hydrogens (primary N) is 1. The molecular formula is C14H22Cl2N2O2. The second-order valence-electron chi connectivity index (χ2n) is 5.27. The first kappa shape index (κ1) is 19.0. The fraction of sp³-hybridized carbons (Fsp3) is 0.500. The number of benzene rings is 1. The Morgan fingerprint density at radius 2 is 2.10 bits per heavy atom. The van der Waals surface area contributed by atoms with Crippen molar-refractivity contribution in [3.05, 3.63) is 28.8 Å². The molecule has 1 atom stereocenters. The molecule has 0 aliphatic rings. The summed E-state index contributed by atoms with van der Waals surface area (Å²) in [6, 6.07) is 5.44. The van der Waals surface area contributed by atoms with Gasteiger partial charge in [0.05, 0.1) is 5.02 Å². The standard InChI is InChI=1S/C14H21ClN2O2.ClH/c1-9-5-6-11(15)12(7-9)19-10(2)13(18)17-14(3,4)8-16;/h5-7,10H,8,16H2,1-4H3,(H,17,18);1H. The maximum Gasteiger partial charge on any atom is 0.261 e. The predicted molar refractivity (Wildman–Crippen MR) is 84.8 cm³/mol. The maximum atomic E-state index is 12.0. The average molecular weight is 321 g/mol. The van der Waals surface area contributed by atoms with E-state index in [1.54, 1.807) is 19.1 Å².